The van der Waals surface area contributed by atoms with E-state index in [1.807, 2.05) is 37.3 Å². The highest BCUT2D eigenvalue weighted by Crippen LogP contribution is 2.43. The number of hydrogen-bond donors (Lipinski definition) is 0. The van der Waals surface area contributed by atoms with E-state index in [-0.39, 0.29) is 16.4 Å². The van der Waals surface area contributed by atoms with Gasteiger partial charge in [0.25, 0.3) is 0 Å². The van der Waals surface area contributed by atoms with Crippen LogP contribution < -0.4 is 4.68 Å². The summed E-state index contributed by atoms with van der Waals surface area (Å²) in [6.45, 7) is 8.36. The molecule has 0 unspecified atom stereocenters. The van der Waals surface area contributed by atoms with Gasteiger partial charge in [0.15, 0.2) is 7.05 Å². The first-order chi connectivity index (χ1) is 16.9. The fourth-order valence-electron chi connectivity index (χ4n) is 5.23. The second kappa shape index (κ2) is 8.03. The minimum Gasteiger partial charge on any atom is -0.192 e. The Morgan fingerprint density at radius 3 is 2.08 bits per heavy atom. The molecule has 3 nitrogen and oxygen atoms in total. The third kappa shape index (κ3) is 3.58. The van der Waals surface area contributed by atoms with Crippen molar-refractivity contribution in [1.29, 1.82) is 5.26 Å². The standard InChI is InChI=1S/C30H25F3N3/c1-17-19-11-8-9-13-21(19)25(29(2,3)4)15-22(17)27-23-14-18-10-6-7-12-20(18)24(16-34)26(23)28(30(31,32)33)35-36(27)5/h6-15H,1-5H3/q+1. The summed E-state index contributed by atoms with van der Waals surface area (Å²) < 4.78 is 44.1. The number of nitrogens with zero attached hydrogens (tertiary/aromatic N) is 3. The Morgan fingerprint density at radius 2 is 1.47 bits per heavy atom. The largest absolute Gasteiger partial charge is 0.439 e. The maximum absolute atomic E-state index is 14.3. The van der Waals surface area contributed by atoms with Crippen molar-refractivity contribution in [3.8, 4) is 17.3 Å². The van der Waals surface area contributed by atoms with Gasteiger partial charge in [-0.05, 0) is 51.8 Å². The Balaban J connectivity index is 2.05. The zero-order valence-corrected chi connectivity index (χ0v) is 20.7. The second-order valence-electron chi connectivity index (χ2n) is 10.2. The molecule has 0 spiro atoms. The van der Waals surface area contributed by atoms with Crippen molar-refractivity contribution in [1.82, 2.24) is 5.10 Å². The fraction of sp³-hybridized carbons (Fsp3) is 0.233. The Kier molecular flexibility index (Phi) is 5.29. The molecule has 36 heavy (non-hydrogen) atoms. The molecule has 0 saturated heterocycles. The highest BCUT2D eigenvalue weighted by molar-refractivity contribution is 6.10. The van der Waals surface area contributed by atoms with Gasteiger partial charge < -0.3 is 0 Å². The molecule has 0 aliphatic rings. The van der Waals surface area contributed by atoms with Crippen LogP contribution in [0, 0.1) is 18.3 Å². The van der Waals surface area contributed by atoms with Crippen LogP contribution in [0.5, 0.6) is 0 Å². The van der Waals surface area contributed by atoms with Crippen molar-refractivity contribution >= 4 is 32.3 Å². The Bertz CT molecular complexity index is 1740. The van der Waals surface area contributed by atoms with Gasteiger partial charge in [0, 0.05) is 15.9 Å². The number of nitriles is 1. The first-order valence-electron chi connectivity index (χ1n) is 11.7. The monoisotopic (exact) mass is 484 g/mol. The molecule has 4 aromatic carbocycles. The highest BCUT2D eigenvalue weighted by Gasteiger charge is 2.41. The van der Waals surface area contributed by atoms with Gasteiger partial charge in [-0.25, -0.2) is 0 Å². The normalized spacial score (nSPS) is 12.4. The fourth-order valence-corrected chi connectivity index (χ4v) is 5.23. The van der Waals surface area contributed by atoms with Crippen LogP contribution in [0.3, 0.4) is 0 Å². The average Bonchev–Trinajstić information content (AvgIpc) is 2.81. The third-order valence-corrected chi connectivity index (χ3v) is 6.87. The molecular weight excluding hydrogens is 459 g/mol. The molecule has 0 N–H and O–H groups in total. The number of alkyl halides is 3. The van der Waals surface area contributed by atoms with E-state index in [9.17, 15) is 18.4 Å². The molecule has 5 aromatic rings. The molecule has 0 aliphatic carbocycles. The van der Waals surface area contributed by atoms with Crippen molar-refractivity contribution in [2.75, 3.05) is 0 Å². The molecule has 0 radical (unpaired) electrons. The molecule has 0 fully saturated rings. The zero-order chi connectivity index (χ0) is 26.0. The highest BCUT2D eigenvalue weighted by atomic mass is 19.4. The summed E-state index contributed by atoms with van der Waals surface area (Å²) in [4.78, 5) is 0. The van der Waals surface area contributed by atoms with Crippen LogP contribution in [0.2, 0.25) is 0 Å². The Morgan fingerprint density at radius 1 is 0.861 bits per heavy atom. The van der Waals surface area contributed by atoms with Gasteiger partial charge >= 0.3 is 6.18 Å². The van der Waals surface area contributed by atoms with Gasteiger partial charge in [0.2, 0.25) is 11.4 Å². The number of hydrogen-bond acceptors (Lipinski definition) is 2. The summed E-state index contributed by atoms with van der Waals surface area (Å²) in [5.41, 5.74) is 2.11. The lowest BCUT2D eigenvalue weighted by Crippen LogP contribution is -2.39. The SMILES string of the molecule is Cc1c(-c2c3cc4ccccc4c(C#N)c3c(C(F)(F)F)n[n+]2C)cc(C(C)(C)C)c2ccccc12. The molecule has 0 saturated carbocycles. The van der Waals surface area contributed by atoms with Crippen molar-refractivity contribution in [3.63, 3.8) is 0 Å². The minimum absolute atomic E-state index is 0.0146. The molecule has 1 aromatic heterocycles. The van der Waals surface area contributed by atoms with Crippen molar-refractivity contribution < 1.29 is 17.9 Å². The first kappa shape index (κ1) is 23.7. The molecule has 6 heteroatoms. The summed E-state index contributed by atoms with van der Waals surface area (Å²) in [7, 11) is 1.54. The smallest absolute Gasteiger partial charge is 0.192 e. The van der Waals surface area contributed by atoms with E-state index in [1.54, 1.807) is 18.2 Å². The summed E-state index contributed by atoms with van der Waals surface area (Å²) >= 11 is 0. The number of benzene rings is 4. The van der Waals surface area contributed by atoms with Crippen LogP contribution >= 0.6 is 0 Å². The van der Waals surface area contributed by atoms with Crippen LogP contribution in [-0.2, 0) is 18.6 Å². The van der Waals surface area contributed by atoms with Crippen LogP contribution in [0.15, 0.2) is 60.7 Å². The van der Waals surface area contributed by atoms with E-state index < -0.39 is 11.9 Å². The van der Waals surface area contributed by atoms with Gasteiger partial charge in [-0.1, -0.05) is 74.0 Å². The third-order valence-electron chi connectivity index (χ3n) is 6.87. The van der Waals surface area contributed by atoms with E-state index in [2.05, 4.69) is 44.1 Å². The summed E-state index contributed by atoms with van der Waals surface area (Å²) in [6.07, 6.45) is -4.72. The number of aryl methyl sites for hydroxylation is 2. The van der Waals surface area contributed by atoms with Crippen LogP contribution in [-0.4, -0.2) is 5.10 Å². The van der Waals surface area contributed by atoms with Crippen LogP contribution in [0.1, 0.15) is 43.2 Å². The molecule has 1 heterocycles. The van der Waals surface area contributed by atoms with Gasteiger partial charge in [-0.15, -0.1) is 0 Å². The predicted molar refractivity (Wildman–Crippen MR) is 137 cm³/mol. The summed E-state index contributed by atoms with van der Waals surface area (Å²) in [5.74, 6) is 0. The molecule has 0 atom stereocenters. The van der Waals surface area contributed by atoms with Gasteiger partial charge in [0.05, 0.1) is 16.5 Å². The van der Waals surface area contributed by atoms with Crippen molar-refractivity contribution in [3.05, 3.63) is 83.0 Å². The zero-order valence-electron chi connectivity index (χ0n) is 20.7. The molecule has 5 rings (SSSR count). The molecule has 0 bridgehead atoms. The first-order valence-corrected chi connectivity index (χ1v) is 11.7. The predicted octanol–water partition coefficient (Wildman–Crippen LogP) is 7.53. The van der Waals surface area contributed by atoms with E-state index in [0.29, 0.717) is 21.9 Å². The second-order valence-corrected chi connectivity index (χ2v) is 10.2. The van der Waals surface area contributed by atoms with Crippen LogP contribution in [0.4, 0.5) is 13.2 Å². The lowest BCUT2D eigenvalue weighted by atomic mass is 9.80. The topological polar surface area (TPSA) is 40.6 Å². The lowest BCUT2D eigenvalue weighted by Gasteiger charge is -2.24. The van der Waals surface area contributed by atoms with E-state index >= 15 is 0 Å². The lowest BCUT2D eigenvalue weighted by molar-refractivity contribution is -0.720. The Labute approximate surface area is 207 Å². The maximum Gasteiger partial charge on any atom is 0.439 e. The van der Waals surface area contributed by atoms with Gasteiger partial charge in [0.1, 0.15) is 6.07 Å². The minimum atomic E-state index is -4.72. The Hall–Kier alpha value is -3.98. The molecule has 180 valence electrons. The van der Waals surface area contributed by atoms with E-state index in [4.69, 9.17) is 0 Å². The molecular formula is C30H25F3N3+. The number of halogens is 3. The van der Waals surface area contributed by atoms with E-state index in [1.165, 1.54) is 11.7 Å². The van der Waals surface area contributed by atoms with Crippen molar-refractivity contribution in [2.24, 2.45) is 7.05 Å². The quantitative estimate of drug-likeness (QED) is 0.182. The van der Waals surface area contributed by atoms with Crippen LogP contribution in [0.25, 0.3) is 43.6 Å². The van der Waals surface area contributed by atoms with E-state index in [0.717, 1.165) is 27.5 Å². The summed E-state index contributed by atoms with van der Waals surface area (Å²) in [6, 6.07) is 21.0. The molecule has 0 amide bonds. The molecule has 0 aliphatic heterocycles. The average molecular weight is 485 g/mol. The number of fused-ring (bicyclic) bond motifs is 3. The van der Waals surface area contributed by atoms with Gasteiger partial charge in [-0.3, -0.25) is 0 Å². The number of rotatable bonds is 1. The van der Waals surface area contributed by atoms with Crippen molar-refractivity contribution in [2.45, 2.75) is 39.3 Å². The number of aromatic nitrogens is 2. The maximum atomic E-state index is 14.3. The summed E-state index contributed by atoms with van der Waals surface area (Å²) in [5, 5.41) is 17.6. The van der Waals surface area contributed by atoms with Gasteiger partial charge in [-0.2, -0.15) is 18.4 Å².